The zero-order chi connectivity index (χ0) is 23.4. The van der Waals surface area contributed by atoms with Crippen molar-refractivity contribution in [3.8, 4) is 17.2 Å². The molecular weight excluding hydrogens is 418 g/mol. The largest absolute Gasteiger partial charge is 0.496 e. The monoisotopic (exact) mass is 441 g/mol. The van der Waals surface area contributed by atoms with E-state index in [1.165, 1.54) is 46.5 Å². The van der Waals surface area contributed by atoms with E-state index in [0.29, 0.717) is 17.2 Å². The van der Waals surface area contributed by atoms with Crippen LogP contribution in [0.5, 0.6) is 17.2 Å². The topological polar surface area (TPSA) is 114 Å². The van der Waals surface area contributed by atoms with Crippen molar-refractivity contribution in [3.63, 3.8) is 0 Å². The molecule has 0 bridgehead atoms. The van der Waals surface area contributed by atoms with Crippen molar-refractivity contribution >= 4 is 29.3 Å². The van der Waals surface area contributed by atoms with Gasteiger partial charge in [-0.25, -0.2) is 9.91 Å². The maximum atomic E-state index is 13.1. The van der Waals surface area contributed by atoms with Crippen LogP contribution >= 0.6 is 0 Å². The number of carbonyl (C=O) groups excluding carboxylic acids is 4. The van der Waals surface area contributed by atoms with E-state index >= 15 is 0 Å². The lowest BCUT2D eigenvalue weighted by atomic mass is 10.2. The predicted molar refractivity (Wildman–Crippen MR) is 113 cm³/mol. The van der Waals surface area contributed by atoms with Gasteiger partial charge in [-0.05, 0) is 24.3 Å². The summed E-state index contributed by atoms with van der Waals surface area (Å²) in [6.07, 6.45) is -0.293. The molecule has 0 spiro atoms. The zero-order valence-corrected chi connectivity index (χ0v) is 18.1. The van der Waals surface area contributed by atoms with Gasteiger partial charge in [0.1, 0.15) is 11.8 Å². The molecule has 0 aliphatic carbocycles. The number of nitrogens with zero attached hydrogens (tertiary/aromatic N) is 2. The number of ether oxygens (including phenoxy) is 3. The van der Waals surface area contributed by atoms with Gasteiger partial charge in [-0.1, -0.05) is 12.1 Å². The quantitative estimate of drug-likeness (QED) is 0.534. The predicted octanol–water partition coefficient (Wildman–Crippen LogP) is 1.54. The second-order valence-electron chi connectivity index (χ2n) is 6.86. The van der Waals surface area contributed by atoms with Crippen molar-refractivity contribution in [3.05, 3.63) is 48.0 Å². The van der Waals surface area contributed by atoms with E-state index in [0.717, 1.165) is 9.91 Å². The molecule has 0 radical (unpaired) electrons. The van der Waals surface area contributed by atoms with Crippen LogP contribution in [0.4, 0.5) is 5.69 Å². The molecule has 10 nitrogen and oxygen atoms in total. The van der Waals surface area contributed by atoms with Crippen LogP contribution in [0.2, 0.25) is 0 Å². The van der Waals surface area contributed by atoms with Crippen LogP contribution in [0.15, 0.2) is 42.5 Å². The fourth-order valence-corrected chi connectivity index (χ4v) is 3.43. The lowest BCUT2D eigenvalue weighted by Crippen LogP contribution is -2.54. The van der Waals surface area contributed by atoms with Gasteiger partial charge in [-0.2, -0.15) is 0 Å². The van der Waals surface area contributed by atoms with Crippen molar-refractivity contribution in [1.29, 1.82) is 0 Å². The molecule has 1 aliphatic heterocycles. The standard InChI is InChI=1S/C22H23N3O7/c1-13(26)25(23-21(28)15-7-5-6-8-17(15)30-2)16-12-20(27)24(22(16)29)14-9-10-18(31-3)19(11-14)32-4/h5-11,16H,12H2,1-4H3,(H,23,28). The lowest BCUT2D eigenvalue weighted by Gasteiger charge is -2.27. The Balaban J connectivity index is 1.87. The SMILES string of the molecule is COc1ccc(N2C(=O)CC(N(NC(=O)c3ccccc3OC)C(C)=O)C2=O)cc1OC. The number of benzene rings is 2. The number of anilines is 1. The van der Waals surface area contributed by atoms with Crippen molar-refractivity contribution in [2.24, 2.45) is 0 Å². The van der Waals surface area contributed by atoms with Crippen LogP contribution < -0.4 is 24.5 Å². The highest BCUT2D eigenvalue weighted by atomic mass is 16.5. The van der Waals surface area contributed by atoms with Gasteiger partial charge in [-0.3, -0.25) is 24.6 Å². The van der Waals surface area contributed by atoms with E-state index in [2.05, 4.69) is 5.43 Å². The van der Waals surface area contributed by atoms with Crippen LogP contribution in [0.1, 0.15) is 23.7 Å². The van der Waals surface area contributed by atoms with E-state index in [-0.39, 0.29) is 17.7 Å². The molecule has 1 aliphatic rings. The molecule has 3 rings (SSSR count). The Hall–Kier alpha value is -4.08. The molecule has 1 fully saturated rings. The minimum Gasteiger partial charge on any atom is -0.496 e. The first kappa shape index (κ1) is 22.6. The summed E-state index contributed by atoms with van der Waals surface area (Å²) in [6.45, 7) is 1.19. The van der Waals surface area contributed by atoms with Gasteiger partial charge in [0, 0.05) is 13.0 Å². The molecule has 2 aromatic carbocycles. The second kappa shape index (κ2) is 9.38. The molecule has 4 amide bonds. The normalized spacial score (nSPS) is 15.4. The Morgan fingerprint density at radius 3 is 2.25 bits per heavy atom. The number of amides is 4. The van der Waals surface area contributed by atoms with Gasteiger partial charge in [0.2, 0.25) is 11.8 Å². The fraction of sp³-hybridized carbons (Fsp3) is 0.273. The molecule has 0 saturated carbocycles. The third-order valence-corrected chi connectivity index (χ3v) is 4.97. The van der Waals surface area contributed by atoms with Crippen LogP contribution in [0.3, 0.4) is 0 Å². The molecule has 168 valence electrons. The molecule has 1 N–H and O–H groups in total. The number of methoxy groups -OCH3 is 3. The van der Waals surface area contributed by atoms with Crippen molar-refractivity contribution < 1.29 is 33.4 Å². The van der Waals surface area contributed by atoms with Crippen LogP contribution in [0.25, 0.3) is 0 Å². The zero-order valence-electron chi connectivity index (χ0n) is 18.1. The van der Waals surface area contributed by atoms with E-state index in [4.69, 9.17) is 14.2 Å². The Morgan fingerprint density at radius 1 is 0.969 bits per heavy atom. The molecule has 0 aromatic heterocycles. The number of hydrazine groups is 1. The average molecular weight is 441 g/mol. The highest BCUT2D eigenvalue weighted by Gasteiger charge is 2.45. The van der Waals surface area contributed by atoms with E-state index < -0.39 is 29.7 Å². The molecule has 1 atom stereocenters. The van der Waals surface area contributed by atoms with Gasteiger partial charge in [-0.15, -0.1) is 0 Å². The van der Waals surface area contributed by atoms with Crippen molar-refractivity contribution in [1.82, 2.24) is 10.4 Å². The molecule has 1 unspecified atom stereocenters. The molecule has 32 heavy (non-hydrogen) atoms. The third-order valence-electron chi connectivity index (χ3n) is 4.97. The summed E-state index contributed by atoms with van der Waals surface area (Å²) < 4.78 is 15.6. The summed E-state index contributed by atoms with van der Waals surface area (Å²) in [5.41, 5.74) is 2.87. The summed E-state index contributed by atoms with van der Waals surface area (Å²) in [5.74, 6) is -1.36. The van der Waals surface area contributed by atoms with E-state index in [1.54, 1.807) is 24.3 Å². The first-order valence-corrected chi connectivity index (χ1v) is 9.65. The van der Waals surface area contributed by atoms with Gasteiger partial charge in [0.25, 0.3) is 11.8 Å². The first-order chi connectivity index (χ1) is 15.3. The van der Waals surface area contributed by atoms with Crippen molar-refractivity contribution in [2.75, 3.05) is 26.2 Å². The van der Waals surface area contributed by atoms with Crippen LogP contribution in [-0.2, 0) is 14.4 Å². The number of nitrogens with one attached hydrogen (secondary N) is 1. The molecule has 1 heterocycles. The Labute approximate surface area is 184 Å². The smallest absolute Gasteiger partial charge is 0.273 e. The van der Waals surface area contributed by atoms with Gasteiger partial charge in [0.15, 0.2) is 11.5 Å². The average Bonchev–Trinajstić information content (AvgIpc) is 3.09. The highest BCUT2D eigenvalue weighted by molar-refractivity contribution is 6.23. The maximum absolute atomic E-state index is 13.1. The molecule has 2 aromatic rings. The summed E-state index contributed by atoms with van der Waals surface area (Å²) >= 11 is 0. The maximum Gasteiger partial charge on any atom is 0.273 e. The fourth-order valence-electron chi connectivity index (χ4n) is 3.43. The number of hydrogen-bond donors (Lipinski definition) is 1. The van der Waals surface area contributed by atoms with Gasteiger partial charge >= 0.3 is 0 Å². The van der Waals surface area contributed by atoms with Crippen LogP contribution in [0, 0.1) is 0 Å². The number of hydrogen-bond acceptors (Lipinski definition) is 7. The second-order valence-corrected chi connectivity index (χ2v) is 6.86. The molecule has 10 heteroatoms. The first-order valence-electron chi connectivity index (χ1n) is 9.65. The number of carbonyl (C=O) groups is 4. The summed E-state index contributed by atoms with van der Waals surface area (Å²) in [7, 11) is 4.31. The number of imide groups is 1. The summed E-state index contributed by atoms with van der Waals surface area (Å²) in [6, 6.07) is 9.82. The van der Waals surface area contributed by atoms with Gasteiger partial charge < -0.3 is 14.2 Å². The van der Waals surface area contributed by atoms with Crippen LogP contribution in [-0.4, -0.2) is 56.0 Å². The van der Waals surface area contributed by atoms with Crippen molar-refractivity contribution in [2.45, 2.75) is 19.4 Å². The summed E-state index contributed by atoms with van der Waals surface area (Å²) in [5, 5.41) is 0.871. The van der Waals surface area contributed by atoms with E-state index in [9.17, 15) is 19.2 Å². The lowest BCUT2D eigenvalue weighted by molar-refractivity contribution is -0.139. The highest BCUT2D eigenvalue weighted by Crippen LogP contribution is 2.34. The van der Waals surface area contributed by atoms with Gasteiger partial charge in [0.05, 0.1) is 39.0 Å². The number of rotatable bonds is 6. The third kappa shape index (κ3) is 4.20. The van der Waals surface area contributed by atoms with E-state index in [1.807, 2.05) is 0 Å². The Morgan fingerprint density at radius 2 is 1.62 bits per heavy atom. The number of para-hydroxylation sites is 1. The Bertz CT molecular complexity index is 1070. The minimum absolute atomic E-state index is 0.176. The molecule has 1 saturated heterocycles. The Kier molecular flexibility index (Phi) is 6.62. The molecular formula is C22H23N3O7. The minimum atomic E-state index is -1.20. The summed E-state index contributed by atoms with van der Waals surface area (Å²) in [4.78, 5) is 51.8.